The highest BCUT2D eigenvalue weighted by Gasteiger charge is 2.26. The quantitative estimate of drug-likeness (QED) is 0.155. The number of imidazole rings is 1. The van der Waals surface area contributed by atoms with E-state index in [2.05, 4.69) is 24.7 Å². The van der Waals surface area contributed by atoms with Gasteiger partial charge in [0.05, 0.1) is 17.7 Å². The minimum absolute atomic E-state index is 0.162. The summed E-state index contributed by atoms with van der Waals surface area (Å²) >= 11 is 12.6. The summed E-state index contributed by atoms with van der Waals surface area (Å²) in [5.41, 5.74) is 6.34. The van der Waals surface area contributed by atoms with Crippen LogP contribution in [0.4, 0.5) is 4.39 Å². The molecule has 1 amide bonds. The van der Waals surface area contributed by atoms with Crippen LogP contribution in [-0.2, 0) is 13.1 Å². The Kier molecular flexibility index (Phi) is 9.59. The molecule has 2 N–H and O–H groups in total. The number of aromatic nitrogens is 3. The standard InChI is InChI=1S/C38H35Cl2FN6O/c39-29-12-10-26(11-13-29)23-47-25-43-35(27-6-2-1-3-7-27)37(47)34-31-15-14-30(40)22-33(31)44-36(34)38(48)42-16-17-45-18-20-46(21-19-45)24-28-8-4-5-9-32(28)41/h1-15,22,25,44H,16-21,23-24H2,(H,42,48). The lowest BCUT2D eigenvalue weighted by atomic mass is 10.0. The number of piperazine rings is 1. The van der Waals surface area contributed by atoms with Crippen molar-refractivity contribution in [1.82, 2.24) is 29.7 Å². The lowest BCUT2D eigenvalue weighted by Crippen LogP contribution is -2.48. The minimum atomic E-state index is -0.200. The largest absolute Gasteiger partial charge is 0.350 e. The molecule has 7 nitrogen and oxygen atoms in total. The average Bonchev–Trinajstić information content (AvgIpc) is 3.68. The predicted octanol–water partition coefficient (Wildman–Crippen LogP) is 7.74. The van der Waals surface area contributed by atoms with E-state index in [-0.39, 0.29) is 11.7 Å². The number of hydrogen-bond acceptors (Lipinski definition) is 4. The molecule has 244 valence electrons. The molecule has 0 saturated carbocycles. The van der Waals surface area contributed by atoms with Gasteiger partial charge in [-0.25, -0.2) is 9.37 Å². The number of carbonyl (C=O) groups is 1. The van der Waals surface area contributed by atoms with Crippen molar-refractivity contribution in [3.8, 4) is 22.5 Å². The van der Waals surface area contributed by atoms with Crippen LogP contribution < -0.4 is 5.32 Å². The van der Waals surface area contributed by atoms with E-state index >= 15 is 0 Å². The molecule has 0 bridgehead atoms. The molecule has 0 aliphatic carbocycles. The second-order valence-electron chi connectivity index (χ2n) is 12.1. The summed E-state index contributed by atoms with van der Waals surface area (Å²) in [5.74, 6) is -0.362. The number of fused-ring (bicyclic) bond motifs is 1. The maximum Gasteiger partial charge on any atom is 0.268 e. The van der Waals surface area contributed by atoms with Gasteiger partial charge in [-0.2, -0.15) is 0 Å². The third kappa shape index (κ3) is 7.03. The molecule has 48 heavy (non-hydrogen) atoms. The molecule has 6 aromatic rings. The smallest absolute Gasteiger partial charge is 0.268 e. The third-order valence-electron chi connectivity index (χ3n) is 8.91. The minimum Gasteiger partial charge on any atom is -0.350 e. The van der Waals surface area contributed by atoms with Gasteiger partial charge in [0.15, 0.2) is 0 Å². The molecule has 4 aromatic carbocycles. The molecule has 1 fully saturated rings. The summed E-state index contributed by atoms with van der Waals surface area (Å²) < 4.78 is 16.2. The molecule has 0 unspecified atom stereocenters. The van der Waals surface area contributed by atoms with Crippen molar-refractivity contribution >= 4 is 40.0 Å². The summed E-state index contributed by atoms with van der Waals surface area (Å²) in [7, 11) is 0. The predicted molar refractivity (Wildman–Crippen MR) is 191 cm³/mol. The second-order valence-corrected chi connectivity index (χ2v) is 13.0. The number of benzene rings is 4. The number of rotatable bonds is 10. The fourth-order valence-electron chi connectivity index (χ4n) is 6.40. The highest BCUT2D eigenvalue weighted by atomic mass is 35.5. The van der Waals surface area contributed by atoms with Crippen LogP contribution in [-0.4, -0.2) is 69.5 Å². The van der Waals surface area contributed by atoms with Gasteiger partial charge in [0.25, 0.3) is 5.91 Å². The van der Waals surface area contributed by atoms with E-state index in [4.69, 9.17) is 28.2 Å². The van der Waals surface area contributed by atoms with Crippen LogP contribution in [0.1, 0.15) is 21.6 Å². The van der Waals surface area contributed by atoms with E-state index in [0.717, 1.165) is 70.7 Å². The number of nitrogens with one attached hydrogen (secondary N) is 2. The maximum atomic E-state index is 14.2. The zero-order valence-electron chi connectivity index (χ0n) is 26.3. The van der Waals surface area contributed by atoms with Gasteiger partial charge < -0.3 is 14.9 Å². The Labute approximate surface area is 288 Å². The van der Waals surface area contributed by atoms with Gasteiger partial charge >= 0.3 is 0 Å². The van der Waals surface area contributed by atoms with E-state index in [1.807, 2.05) is 91.3 Å². The molecule has 1 saturated heterocycles. The zero-order valence-corrected chi connectivity index (χ0v) is 27.8. The first-order valence-electron chi connectivity index (χ1n) is 16.1. The molecular formula is C38H35Cl2FN6O. The number of aromatic amines is 1. The number of hydrogen-bond donors (Lipinski definition) is 2. The van der Waals surface area contributed by atoms with Crippen molar-refractivity contribution in [2.75, 3.05) is 39.3 Å². The molecule has 0 radical (unpaired) electrons. The van der Waals surface area contributed by atoms with Gasteiger partial charge in [-0.1, -0.05) is 89.9 Å². The number of nitrogens with zero attached hydrogens (tertiary/aromatic N) is 4. The Bertz CT molecular complexity index is 2030. The average molecular weight is 682 g/mol. The highest BCUT2D eigenvalue weighted by molar-refractivity contribution is 6.31. The van der Waals surface area contributed by atoms with E-state index in [1.165, 1.54) is 6.07 Å². The molecule has 0 atom stereocenters. The first kappa shape index (κ1) is 32.1. The van der Waals surface area contributed by atoms with Crippen molar-refractivity contribution in [2.24, 2.45) is 0 Å². The molecule has 1 aliphatic heterocycles. The van der Waals surface area contributed by atoms with Gasteiger partial charge in [0.2, 0.25) is 0 Å². The van der Waals surface area contributed by atoms with Crippen LogP contribution in [0.3, 0.4) is 0 Å². The van der Waals surface area contributed by atoms with Crippen molar-refractivity contribution < 1.29 is 9.18 Å². The summed E-state index contributed by atoms with van der Waals surface area (Å²) in [5, 5.41) is 5.30. The Hall–Kier alpha value is -4.47. The Morgan fingerprint density at radius 1 is 0.833 bits per heavy atom. The van der Waals surface area contributed by atoms with Gasteiger partial charge in [0.1, 0.15) is 11.5 Å². The number of amides is 1. The number of carbonyl (C=O) groups excluding carboxylic acids is 1. The van der Waals surface area contributed by atoms with Crippen molar-refractivity contribution in [2.45, 2.75) is 13.1 Å². The van der Waals surface area contributed by atoms with Gasteiger partial charge in [0, 0.05) is 90.0 Å². The topological polar surface area (TPSA) is 69.2 Å². The summed E-state index contributed by atoms with van der Waals surface area (Å²) in [6.07, 6.45) is 1.83. The Balaban J connectivity index is 1.13. The highest BCUT2D eigenvalue weighted by Crippen LogP contribution is 2.39. The molecule has 7 rings (SSSR count). The number of halogens is 3. The zero-order chi connectivity index (χ0) is 33.0. The van der Waals surface area contributed by atoms with Crippen molar-refractivity contribution in [3.05, 3.63) is 136 Å². The Morgan fingerprint density at radius 2 is 1.54 bits per heavy atom. The fourth-order valence-corrected chi connectivity index (χ4v) is 6.70. The van der Waals surface area contributed by atoms with E-state index in [9.17, 15) is 9.18 Å². The first-order valence-corrected chi connectivity index (χ1v) is 16.8. The Morgan fingerprint density at radius 3 is 2.31 bits per heavy atom. The third-order valence-corrected chi connectivity index (χ3v) is 9.39. The van der Waals surface area contributed by atoms with Crippen LogP contribution in [0, 0.1) is 5.82 Å². The monoisotopic (exact) mass is 680 g/mol. The SMILES string of the molecule is O=C(NCCN1CCN(Cc2ccccc2F)CC1)c1[nH]c2cc(Cl)ccc2c1-c1c(-c2ccccc2)ncn1Cc1ccc(Cl)cc1. The van der Waals surface area contributed by atoms with Gasteiger partial charge in [-0.3, -0.25) is 14.6 Å². The normalized spacial score (nSPS) is 14.1. The summed E-state index contributed by atoms with van der Waals surface area (Å²) in [4.78, 5) is 26.9. The summed E-state index contributed by atoms with van der Waals surface area (Å²) in [6, 6.07) is 30.3. The fraction of sp³-hybridized carbons (Fsp3) is 0.211. The van der Waals surface area contributed by atoms with Crippen LogP contribution in [0.15, 0.2) is 103 Å². The van der Waals surface area contributed by atoms with Crippen LogP contribution >= 0.6 is 23.2 Å². The van der Waals surface area contributed by atoms with E-state index < -0.39 is 0 Å². The maximum absolute atomic E-state index is 14.2. The molecule has 2 aromatic heterocycles. The van der Waals surface area contributed by atoms with Crippen molar-refractivity contribution in [3.63, 3.8) is 0 Å². The van der Waals surface area contributed by atoms with Gasteiger partial charge in [-0.15, -0.1) is 0 Å². The van der Waals surface area contributed by atoms with Crippen LogP contribution in [0.2, 0.25) is 10.0 Å². The second kappa shape index (κ2) is 14.3. The molecule has 1 aliphatic rings. The van der Waals surface area contributed by atoms with Crippen molar-refractivity contribution in [1.29, 1.82) is 0 Å². The number of H-pyrrole nitrogens is 1. The van der Waals surface area contributed by atoms with Gasteiger partial charge in [-0.05, 0) is 35.9 Å². The first-order chi connectivity index (χ1) is 23.4. The molecule has 3 heterocycles. The lowest BCUT2D eigenvalue weighted by molar-refractivity contribution is 0.0930. The lowest BCUT2D eigenvalue weighted by Gasteiger charge is -2.34. The van der Waals surface area contributed by atoms with E-state index in [1.54, 1.807) is 6.07 Å². The van der Waals surface area contributed by atoms with E-state index in [0.29, 0.717) is 41.9 Å². The molecule has 10 heteroatoms. The molecule has 0 spiro atoms. The van der Waals surface area contributed by atoms with Crippen LogP contribution in [0.5, 0.6) is 0 Å². The molecular weight excluding hydrogens is 646 g/mol. The summed E-state index contributed by atoms with van der Waals surface area (Å²) in [6.45, 7) is 5.72. The van der Waals surface area contributed by atoms with Crippen LogP contribution in [0.25, 0.3) is 33.4 Å².